The van der Waals surface area contributed by atoms with Gasteiger partial charge in [0.2, 0.25) is 0 Å². The third kappa shape index (κ3) is 2.20. The second-order valence-electron chi connectivity index (χ2n) is 5.73. The van der Waals surface area contributed by atoms with Gasteiger partial charge in [0, 0.05) is 6.54 Å². The maximum atomic E-state index is 4.72. The smallest absolute Gasteiger partial charge is 0.149 e. The number of benzene rings is 1. The number of nitrogens with zero attached hydrogens (tertiary/aromatic N) is 5. The molecule has 1 aliphatic heterocycles. The number of nitrogens with one attached hydrogen (secondary N) is 1. The molecule has 3 heterocycles. The molecule has 1 atom stereocenters. The molecule has 112 valence electrons. The first-order valence-electron chi connectivity index (χ1n) is 7.62. The van der Waals surface area contributed by atoms with Gasteiger partial charge in [0.15, 0.2) is 0 Å². The molecule has 1 aliphatic rings. The topological polar surface area (TPSA) is 68.5 Å². The minimum atomic E-state index is 0.143. The molecule has 0 bridgehead atoms. The third-order valence-electron chi connectivity index (χ3n) is 4.04. The van der Waals surface area contributed by atoms with Crippen molar-refractivity contribution in [1.29, 1.82) is 0 Å². The van der Waals surface area contributed by atoms with Crippen molar-refractivity contribution in [3.8, 4) is 0 Å². The Bertz CT molecular complexity index is 838. The van der Waals surface area contributed by atoms with Crippen LogP contribution in [0.15, 0.2) is 24.3 Å². The van der Waals surface area contributed by atoms with Crippen LogP contribution in [0.2, 0.25) is 0 Å². The lowest BCUT2D eigenvalue weighted by molar-refractivity contribution is 0.436. The number of aromatic nitrogens is 5. The minimum Gasteiger partial charge on any atom is -0.359 e. The minimum absolute atomic E-state index is 0.143. The van der Waals surface area contributed by atoms with Crippen LogP contribution in [0, 0.1) is 13.8 Å². The van der Waals surface area contributed by atoms with E-state index in [4.69, 9.17) is 4.98 Å². The molecule has 6 heteroatoms. The largest absolute Gasteiger partial charge is 0.359 e. The fraction of sp³-hybridized carbons (Fsp3) is 0.375. The molecule has 22 heavy (non-hydrogen) atoms. The summed E-state index contributed by atoms with van der Waals surface area (Å²) in [5.74, 6) is 2.65. The molecule has 3 aromatic rings. The monoisotopic (exact) mass is 294 g/mol. The molecule has 1 N–H and O–H groups in total. The number of rotatable bonds is 2. The first-order valence-corrected chi connectivity index (χ1v) is 7.62. The highest BCUT2D eigenvalue weighted by atomic mass is 15.4. The zero-order valence-electron chi connectivity index (χ0n) is 12.7. The molecule has 6 nitrogen and oxygen atoms in total. The van der Waals surface area contributed by atoms with Gasteiger partial charge in [-0.15, -0.1) is 0 Å². The van der Waals surface area contributed by atoms with Gasteiger partial charge in [-0.25, -0.2) is 19.6 Å². The Hall–Kier alpha value is -2.50. The number of aryl methyl sites for hydroxylation is 3. The molecular formula is C16H18N6. The van der Waals surface area contributed by atoms with E-state index in [1.54, 1.807) is 0 Å². The number of anilines is 1. The lowest BCUT2D eigenvalue weighted by atomic mass is 10.1. The zero-order valence-corrected chi connectivity index (χ0v) is 12.7. The molecule has 4 rings (SSSR count). The molecule has 0 fully saturated rings. The molecule has 0 radical (unpaired) electrons. The van der Waals surface area contributed by atoms with Crippen LogP contribution in [-0.2, 0) is 6.54 Å². The Kier molecular flexibility index (Phi) is 3.03. The fourth-order valence-electron chi connectivity index (χ4n) is 3.00. The summed E-state index contributed by atoms with van der Waals surface area (Å²) in [7, 11) is 0. The average Bonchev–Trinajstić information content (AvgIpc) is 2.89. The third-order valence-corrected chi connectivity index (χ3v) is 4.04. The first kappa shape index (κ1) is 13.2. The van der Waals surface area contributed by atoms with Gasteiger partial charge in [-0.05, 0) is 38.8 Å². The second kappa shape index (κ2) is 5.05. The van der Waals surface area contributed by atoms with E-state index in [2.05, 4.69) is 20.4 Å². The molecule has 1 unspecified atom stereocenters. The summed E-state index contributed by atoms with van der Waals surface area (Å²) in [4.78, 5) is 13.9. The van der Waals surface area contributed by atoms with E-state index in [-0.39, 0.29) is 6.04 Å². The Morgan fingerprint density at radius 3 is 2.68 bits per heavy atom. The van der Waals surface area contributed by atoms with Crippen molar-refractivity contribution < 1.29 is 0 Å². The van der Waals surface area contributed by atoms with Crippen LogP contribution in [0.3, 0.4) is 0 Å². The van der Waals surface area contributed by atoms with Crippen LogP contribution in [0.4, 0.5) is 5.82 Å². The Balaban J connectivity index is 1.71. The summed E-state index contributed by atoms with van der Waals surface area (Å²) in [5, 5.41) is 7.96. The maximum absolute atomic E-state index is 4.72. The fourth-order valence-corrected chi connectivity index (χ4v) is 3.00. The molecule has 2 aromatic heterocycles. The summed E-state index contributed by atoms with van der Waals surface area (Å²) in [6, 6.07) is 8.08. The molecule has 1 aromatic carbocycles. The zero-order chi connectivity index (χ0) is 15.1. The highest BCUT2D eigenvalue weighted by Crippen LogP contribution is 2.28. The van der Waals surface area contributed by atoms with Gasteiger partial charge in [-0.2, -0.15) is 5.10 Å². The Labute approximate surface area is 128 Å². The van der Waals surface area contributed by atoms with E-state index in [0.717, 1.165) is 53.6 Å². The van der Waals surface area contributed by atoms with Crippen LogP contribution < -0.4 is 5.32 Å². The lowest BCUT2D eigenvalue weighted by Gasteiger charge is -2.24. The summed E-state index contributed by atoms with van der Waals surface area (Å²) >= 11 is 0. The van der Waals surface area contributed by atoms with Crippen molar-refractivity contribution in [2.75, 3.05) is 5.32 Å². The van der Waals surface area contributed by atoms with Crippen LogP contribution in [0.5, 0.6) is 0 Å². The summed E-state index contributed by atoms with van der Waals surface area (Å²) in [6.45, 7) is 4.86. The SMILES string of the molecule is Cc1nc2n(n1)CCCC2Nc1nc2ccccc2nc1C. The molecule has 0 aliphatic carbocycles. The number of hydrogen-bond acceptors (Lipinski definition) is 5. The predicted octanol–water partition coefficient (Wildman–Crippen LogP) is 2.79. The number of para-hydroxylation sites is 2. The second-order valence-corrected chi connectivity index (χ2v) is 5.73. The van der Waals surface area contributed by atoms with Gasteiger partial charge in [0.1, 0.15) is 17.5 Å². The van der Waals surface area contributed by atoms with Crippen molar-refractivity contribution in [3.05, 3.63) is 41.6 Å². The maximum Gasteiger partial charge on any atom is 0.149 e. The van der Waals surface area contributed by atoms with E-state index >= 15 is 0 Å². The van der Waals surface area contributed by atoms with Crippen molar-refractivity contribution in [2.45, 2.75) is 39.3 Å². The van der Waals surface area contributed by atoms with E-state index < -0.39 is 0 Å². The number of hydrogen-bond donors (Lipinski definition) is 1. The van der Waals surface area contributed by atoms with Gasteiger partial charge in [-0.3, -0.25) is 0 Å². The summed E-state index contributed by atoms with van der Waals surface area (Å²) in [6.07, 6.45) is 2.12. The standard InChI is InChI=1S/C16H18N6/c1-10-15(19-13-7-4-3-6-12(13)17-10)20-14-8-5-9-22-16(14)18-11(2)21-22/h3-4,6-7,14H,5,8-9H2,1-2H3,(H,19,20). The van der Waals surface area contributed by atoms with Crippen LogP contribution in [0.25, 0.3) is 11.0 Å². The molecular weight excluding hydrogens is 276 g/mol. The van der Waals surface area contributed by atoms with E-state index in [1.807, 2.05) is 42.8 Å². The van der Waals surface area contributed by atoms with Crippen LogP contribution in [-0.4, -0.2) is 24.7 Å². The lowest BCUT2D eigenvalue weighted by Crippen LogP contribution is -2.23. The highest BCUT2D eigenvalue weighted by Gasteiger charge is 2.24. The van der Waals surface area contributed by atoms with E-state index in [9.17, 15) is 0 Å². The number of fused-ring (bicyclic) bond motifs is 2. The average molecular weight is 294 g/mol. The van der Waals surface area contributed by atoms with Crippen molar-refractivity contribution in [3.63, 3.8) is 0 Å². The van der Waals surface area contributed by atoms with Crippen molar-refractivity contribution >= 4 is 16.9 Å². The van der Waals surface area contributed by atoms with Crippen molar-refractivity contribution in [1.82, 2.24) is 24.7 Å². The molecule has 0 saturated heterocycles. The highest BCUT2D eigenvalue weighted by molar-refractivity contribution is 5.76. The quantitative estimate of drug-likeness (QED) is 0.787. The van der Waals surface area contributed by atoms with Crippen LogP contribution in [0.1, 0.15) is 36.2 Å². The van der Waals surface area contributed by atoms with Gasteiger partial charge < -0.3 is 5.32 Å². The summed E-state index contributed by atoms with van der Waals surface area (Å²) < 4.78 is 2.00. The molecule has 0 amide bonds. The van der Waals surface area contributed by atoms with Crippen LogP contribution >= 0.6 is 0 Å². The molecule has 0 spiro atoms. The Morgan fingerprint density at radius 1 is 1.09 bits per heavy atom. The van der Waals surface area contributed by atoms with Gasteiger partial charge in [0.05, 0.1) is 22.8 Å². The van der Waals surface area contributed by atoms with Gasteiger partial charge in [-0.1, -0.05) is 12.1 Å². The van der Waals surface area contributed by atoms with E-state index in [1.165, 1.54) is 0 Å². The molecule has 0 saturated carbocycles. The van der Waals surface area contributed by atoms with Gasteiger partial charge in [0.25, 0.3) is 0 Å². The summed E-state index contributed by atoms with van der Waals surface area (Å²) in [5.41, 5.74) is 2.74. The van der Waals surface area contributed by atoms with E-state index in [0.29, 0.717) is 0 Å². The first-order chi connectivity index (χ1) is 10.7. The Morgan fingerprint density at radius 2 is 1.86 bits per heavy atom. The normalized spacial score (nSPS) is 17.5. The predicted molar refractivity (Wildman–Crippen MR) is 84.6 cm³/mol. The van der Waals surface area contributed by atoms with Gasteiger partial charge >= 0.3 is 0 Å². The van der Waals surface area contributed by atoms with Crippen molar-refractivity contribution in [2.24, 2.45) is 0 Å².